The van der Waals surface area contributed by atoms with Crippen molar-refractivity contribution < 1.29 is 9.59 Å². The van der Waals surface area contributed by atoms with E-state index in [0.717, 1.165) is 21.8 Å². The van der Waals surface area contributed by atoms with Gasteiger partial charge in [-0.2, -0.15) is 0 Å². The van der Waals surface area contributed by atoms with Crippen molar-refractivity contribution in [1.29, 1.82) is 0 Å². The molecule has 1 aromatic heterocycles. The predicted octanol–water partition coefficient (Wildman–Crippen LogP) is 4.37. The maximum absolute atomic E-state index is 12.6. The summed E-state index contributed by atoms with van der Waals surface area (Å²) in [7, 11) is 0. The third-order valence-corrected chi connectivity index (χ3v) is 5.25. The lowest BCUT2D eigenvalue weighted by Crippen LogP contribution is -2.06. The minimum Gasteiger partial charge on any atom is -0.345 e. The molecule has 24 heavy (non-hydrogen) atoms. The van der Waals surface area contributed by atoms with Crippen LogP contribution in [-0.2, 0) is 4.79 Å². The number of rotatable bonds is 6. The zero-order valence-electron chi connectivity index (χ0n) is 14.3. The summed E-state index contributed by atoms with van der Waals surface area (Å²) in [5.41, 5.74) is 3.90. The van der Waals surface area contributed by atoms with Gasteiger partial charge < -0.3 is 9.88 Å². The first-order valence-electron chi connectivity index (χ1n) is 8.18. The van der Waals surface area contributed by atoms with Gasteiger partial charge >= 0.3 is 0 Å². The monoisotopic (exact) mass is 342 g/mol. The lowest BCUT2D eigenvalue weighted by molar-refractivity contribution is -0.114. The van der Waals surface area contributed by atoms with E-state index in [2.05, 4.69) is 16.8 Å². The zero-order valence-corrected chi connectivity index (χ0v) is 15.1. The van der Waals surface area contributed by atoms with E-state index >= 15 is 0 Å². The number of aromatic nitrogens is 1. The molecule has 1 N–H and O–H groups in total. The van der Waals surface area contributed by atoms with Crippen LogP contribution >= 0.6 is 11.8 Å². The number of carbonyl (C=O) groups excluding carboxylic acids is 2. The van der Waals surface area contributed by atoms with Gasteiger partial charge in [0.15, 0.2) is 5.78 Å². The Hall–Kier alpha value is -2.01. The molecule has 0 aliphatic heterocycles. The Labute approximate surface area is 146 Å². The number of anilines is 1. The molecule has 2 aromatic rings. The summed E-state index contributed by atoms with van der Waals surface area (Å²) in [6.45, 7) is 5.61. The van der Waals surface area contributed by atoms with Crippen LogP contribution in [0.1, 0.15) is 47.6 Å². The van der Waals surface area contributed by atoms with E-state index in [4.69, 9.17) is 0 Å². The number of thioether (sulfide) groups is 1. The van der Waals surface area contributed by atoms with Gasteiger partial charge in [-0.1, -0.05) is 0 Å². The van der Waals surface area contributed by atoms with Crippen LogP contribution in [0.15, 0.2) is 35.2 Å². The van der Waals surface area contributed by atoms with Crippen molar-refractivity contribution >= 4 is 29.1 Å². The molecule has 0 radical (unpaired) electrons. The quantitative estimate of drug-likeness (QED) is 0.626. The fourth-order valence-electron chi connectivity index (χ4n) is 3.02. The van der Waals surface area contributed by atoms with Gasteiger partial charge in [0.05, 0.1) is 5.75 Å². The number of hydrogen-bond donors (Lipinski definition) is 1. The number of ketones is 1. The molecule has 0 bridgehead atoms. The van der Waals surface area contributed by atoms with E-state index < -0.39 is 0 Å². The standard InChI is InChI=1S/C19H22N2O2S/c1-12-10-18(13(2)21(12)16-6-7-16)19(23)11-24-17-8-4-15(5-9-17)20-14(3)22/h4-5,8-10,16H,6-7,11H2,1-3H3,(H,20,22). The Bertz CT molecular complexity index is 773. The van der Waals surface area contributed by atoms with Gasteiger partial charge in [0.2, 0.25) is 5.91 Å². The van der Waals surface area contributed by atoms with Gasteiger partial charge in [-0.3, -0.25) is 9.59 Å². The molecule has 1 heterocycles. The lowest BCUT2D eigenvalue weighted by Gasteiger charge is -2.07. The van der Waals surface area contributed by atoms with E-state index in [9.17, 15) is 9.59 Å². The minimum atomic E-state index is -0.0865. The predicted molar refractivity (Wildman–Crippen MR) is 98.0 cm³/mol. The van der Waals surface area contributed by atoms with Crippen molar-refractivity contribution in [2.75, 3.05) is 11.1 Å². The van der Waals surface area contributed by atoms with Gasteiger partial charge in [-0.05, 0) is 57.0 Å². The maximum atomic E-state index is 12.6. The Balaban J connectivity index is 1.63. The highest BCUT2D eigenvalue weighted by atomic mass is 32.2. The van der Waals surface area contributed by atoms with Crippen LogP contribution in [0.5, 0.6) is 0 Å². The highest BCUT2D eigenvalue weighted by Gasteiger charge is 2.28. The Morgan fingerprint density at radius 1 is 1.21 bits per heavy atom. The molecule has 4 nitrogen and oxygen atoms in total. The van der Waals surface area contributed by atoms with Gasteiger partial charge in [0, 0.05) is 40.5 Å². The third-order valence-electron chi connectivity index (χ3n) is 4.24. The van der Waals surface area contributed by atoms with Crippen LogP contribution in [-0.4, -0.2) is 22.0 Å². The molecule has 1 aliphatic rings. The van der Waals surface area contributed by atoms with Gasteiger partial charge in [-0.25, -0.2) is 0 Å². The van der Waals surface area contributed by atoms with E-state index in [1.807, 2.05) is 37.3 Å². The van der Waals surface area contributed by atoms with E-state index in [0.29, 0.717) is 11.8 Å². The van der Waals surface area contributed by atoms with Gasteiger partial charge in [0.1, 0.15) is 0 Å². The summed E-state index contributed by atoms with van der Waals surface area (Å²) in [6.07, 6.45) is 2.44. The molecule has 0 unspecified atom stereocenters. The van der Waals surface area contributed by atoms with Crippen LogP contribution in [0.2, 0.25) is 0 Å². The fraction of sp³-hybridized carbons (Fsp3) is 0.368. The molecule has 126 valence electrons. The number of aryl methyl sites for hydroxylation is 1. The fourth-order valence-corrected chi connectivity index (χ4v) is 3.80. The topological polar surface area (TPSA) is 51.1 Å². The van der Waals surface area contributed by atoms with Crippen molar-refractivity contribution in [3.8, 4) is 0 Å². The molecule has 0 atom stereocenters. The minimum absolute atomic E-state index is 0.0865. The molecule has 0 saturated heterocycles. The highest BCUT2D eigenvalue weighted by molar-refractivity contribution is 8.00. The van der Waals surface area contributed by atoms with Crippen molar-refractivity contribution in [3.63, 3.8) is 0 Å². The van der Waals surface area contributed by atoms with Crippen LogP contribution in [0, 0.1) is 13.8 Å². The van der Waals surface area contributed by atoms with Gasteiger partial charge in [-0.15, -0.1) is 11.8 Å². The molecule has 1 aromatic carbocycles. The number of hydrogen-bond acceptors (Lipinski definition) is 3. The summed E-state index contributed by atoms with van der Waals surface area (Å²) in [4.78, 5) is 24.6. The first kappa shape index (κ1) is 16.8. The van der Waals surface area contributed by atoms with E-state index in [1.165, 1.54) is 37.2 Å². The number of nitrogens with zero attached hydrogens (tertiary/aromatic N) is 1. The number of benzene rings is 1. The summed E-state index contributed by atoms with van der Waals surface area (Å²) in [6, 6.07) is 10.2. The van der Waals surface area contributed by atoms with E-state index in [1.54, 1.807) is 0 Å². The van der Waals surface area contributed by atoms with Gasteiger partial charge in [0.25, 0.3) is 0 Å². The molecule has 3 rings (SSSR count). The zero-order chi connectivity index (χ0) is 17.3. The number of carbonyl (C=O) groups is 2. The highest BCUT2D eigenvalue weighted by Crippen LogP contribution is 2.38. The van der Waals surface area contributed by atoms with Crippen LogP contribution in [0.3, 0.4) is 0 Å². The number of Topliss-reactive ketones (excluding diaryl/α,β-unsaturated/α-hetero) is 1. The lowest BCUT2D eigenvalue weighted by atomic mass is 10.2. The summed E-state index contributed by atoms with van der Waals surface area (Å²) in [5.74, 6) is 0.511. The number of amides is 1. The molecule has 0 spiro atoms. The summed E-state index contributed by atoms with van der Waals surface area (Å²) < 4.78 is 2.31. The molecule has 5 heteroatoms. The van der Waals surface area contributed by atoms with Crippen LogP contribution in [0.25, 0.3) is 0 Å². The first-order chi connectivity index (χ1) is 11.5. The smallest absolute Gasteiger partial charge is 0.221 e. The molecule has 1 aliphatic carbocycles. The normalized spacial score (nSPS) is 13.8. The van der Waals surface area contributed by atoms with Crippen molar-refractivity contribution in [2.45, 2.75) is 44.6 Å². The van der Waals surface area contributed by atoms with Crippen LogP contribution in [0.4, 0.5) is 5.69 Å². The number of nitrogens with one attached hydrogen (secondary N) is 1. The third kappa shape index (κ3) is 3.73. The Kier molecular flexibility index (Phi) is 4.81. The van der Waals surface area contributed by atoms with E-state index in [-0.39, 0.29) is 11.7 Å². The largest absolute Gasteiger partial charge is 0.345 e. The Morgan fingerprint density at radius 2 is 1.88 bits per heavy atom. The maximum Gasteiger partial charge on any atom is 0.221 e. The SMILES string of the molecule is CC(=O)Nc1ccc(SCC(=O)c2cc(C)n(C3CC3)c2C)cc1. The average molecular weight is 342 g/mol. The molecule has 1 saturated carbocycles. The van der Waals surface area contributed by atoms with Crippen molar-refractivity contribution in [2.24, 2.45) is 0 Å². The molecule has 1 fully saturated rings. The Morgan fingerprint density at radius 3 is 2.46 bits per heavy atom. The average Bonchev–Trinajstić information content (AvgIpc) is 3.31. The second-order valence-corrected chi connectivity index (χ2v) is 7.35. The van der Waals surface area contributed by atoms with Crippen molar-refractivity contribution in [1.82, 2.24) is 4.57 Å². The van der Waals surface area contributed by atoms with Crippen molar-refractivity contribution in [3.05, 3.63) is 47.3 Å². The van der Waals surface area contributed by atoms with Crippen LogP contribution < -0.4 is 5.32 Å². The first-order valence-corrected chi connectivity index (χ1v) is 9.16. The second kappa shape index (κ2) is 6.85. The molecular weight excluding hydrogens is 320 g/mol. The molecule has 1 amide bonds. The summed E-state index contributed by atoms with van der Waals surface area (Å²) >= 11 is 1.53. The second-order valence-electron chi connectivity index (χ2n) is 6.30. The molecular formula is C19H22N2O2S. The summed E-state index contributed by atoms with van der Waals surface area (Å²) in [5, 5.41) is 2.74.